The molecule has 0 saturated heterocycles. The maximum atomic E-state index is 5.83. The highest BCUT2D eigenvalue weighted by Gasteiger charge is 2.02. The molecule has 1 rings (SSSR count). The van der Waals surface area contributed by atoms with Crippen molar-refractivity contribution in [1.29, 1.82) is 0 Å². The van der Waals surface area contributed by atoms with Gasteiger partial charge in [-0.25, -0.2) is 0 Å². The predicted molar refractivity (Wildman–Crippen MR) is 48.8 cm³/mol. The number of nitrogens with two attached hydrogens (primary N) is 1. The topological polar surface area (TPSA) is 38.0 Å². The van der Waals surface area contributed by atoms with Gasteiger partial charge < -0.3 is 5.43 Å². The van der Waals surface area contributed by atoms with Crippen LogP contribution < -0.4 is 11.3 Å². The molecule has 0 unspecified atom stereocenters. The van der Waals surface area contributed by atoms with E-state index >= 15 is 0 Å². The van der Waals surface area contributed by atoms with Crippen LogP contribution in [0.2, 0.25) is 5.02 Å². The van der Waals surface area contributed by atoms with Crippen molar-refractivity contribution in [1.82, 2.24) is 0 Å². The van der Waals surface area contributed by atoms with Crippen molar-refractivity contribution in [3.05, 3.63) is 28.8 Å². The number of nitrogens with one attached hydrogen (secondary N) is 1. The molecule has 0 aliphatic carbocycles. The molecular weight excluding hydrogens is 183 g/mol. The van der Waals surface area contributed by atoms with E-state index in [0.717, 1.165) is 11.3 Å². The number of benzene rings is 1. The number of rotatable bonds is 2. The Morgan fingerprint density at radius 3 is 2.64 bits per heavy atom. The molecule has 11 heavy (non-hydrogen) atoms. The summed E-state index contributed by atoms with van der Waals surface area (Å²) < 4.78 is 0. The average molecular weight is 191 g/mol. The third kappa shape index (κ3) is 1.77. The van der Waals surface area contributed by atoms with Gasteiger partial charge in [0.15, 0.2) is 0 Å². The van der Waals surface area contributed by atoms with Gasteiger partial charge in [0, 0.05) is 10.6 Å². The second-order valence-corrected chi connectivity index (χ2v) is 2.72. The van der Waals surface area contributed by atoms with Crippen molar-refractivity contribution in [3.63, 3.8) is 0 Å². The van der Waals surface area contributed by atoms with E-state index in [2.05, 4.69) is 5.43 Å². The van der Waals surface area contributed by atoms with Crippen LogP contribution in [0.15, 0.2) is 18.2 Å². The Hall–Kier alpha value is -0.440. The molecule has 0 fully saturated rings. The summed E-state index contributed by atoms with van der Waals surface area (Å²) in [6.07, 6.45) is 0. The molecule has 0 amide bonds. The van der Waals surface area contributed by atoms with Crippen LogP contribution in [0.5, 0.6) is 0 Å². The van der Waals surface area contributed by atoms with Gasteiger partial charge in [-0.2, -0.15) is 0 Å². The van der Waals surface area contributed by atoms with Gasteiger partial charge in [-0.15, -0.1) is 11.6 Å². The Labute approximate surface area is 75.3 Å². The Morgan fingerprint density at radius 1 is 1.45 bits per heavy atom. The summed E-state index contributed by atoms with van der Waals surface area (Å²) in [5.74, 6) is 5.59. The summed E-state index contributed by atoms with van der Waals surface area (Å²) in [4.78, 5) is 0. The van der Waals surface area contributed by atoms with Gasteiger partial charge in [0.25, 0.3) is 0 Å². The fourth-order valence-electron chi connectivity index (χ4n) is 0.830. The minimum atomic E-state index is 0.360. The van der Waals surface area contributed by atoms with Crippen molar-refractivity contribution >= 4 is 28.9 Å². The lowest BCUT2D eigenvalue weighted by atomic mass is 10.2. The van der Waals surface area contributed by atoms with Crippen molar-refractivity contribution in [2.24, 2.45) is 5.84 Å². The van der Waals surface area contributed by atoms with Gasteiger partial charge in [-0.05, 0) is 12.1 Å². The lowest BCUT2D eigenvalue weighted by Crippen LogP contribution is -2.08. The first-order chi connectivity index (χ1) is 5.29. The van der Waals surface area contributed by atoms with E-state index in [1.807, 2.05) is 12.1 Å². The first-order valence-electron chi connectivity index (χ1n) is 3.09. The van der Waals surface area contributed by atoms with E-state index < -0.39 is 0 Å². The number of nitrogen functional groups attached to an aromatic ring is 1. The van der Waals surface area contributed by atoms with Gasteiger partial charge >= 0.3 is 0 Å². The molecule has 0 saturated carbocycles. The summed E-state index contributed by atoms with van der Waals surface area (Å²) in [6.45, 7) is 0. The van der Waals surface area contributed by atoms with Crippen molar-refractivity contribution in [3.8, 4) is 0 Å². The van der Waals surface area contributed by atoms with Crippen LogP contribution in [0, 0.1) is 0 Å². The molecule has 60 valence electrons. The van der Waals surface area contributed by atoms with E-state index in [9.17, 15) is 0 Å². The fraction of sp³-hybridized carbons (Fsp3) is 0.143. The highest BCUT2D eigenvalue weighted by molar-refractivity contribution is 6.32. The maximum absolute atomic E-state index is 5.83. The van der Waals surface area contributed by atoms with Gasteiger partial charge in [0.2, 0.25) is 0 Å². The molecule has 1 aromatic rings. The molecule has 4 heteroatoms. The average Bonchev–Trinajstić information content (AvgIpc) is 2.04. The van der Waals surface area contributed by atoms with Gasteiger partial charge in [-0.1, -0.05) is 17.7 Å². The summed E-state index contributed by atoms with van der Waals surface area (Å²) in [5.41, 5.74) is 4.12. The number of halogens is 2. The second-order valence-electron chi connectivity index (χ2n) is 2.04. The smallest absolute Gasteiger partial charge is 0.0544 e. The SMILES string of the molecule is NNc1cccc(Cl)c1CCl. The quantitative estimate of drug-likeness (QED) is 0.427. The zero-order valence-electron chi connectivity index (χ0n) is 5.77. The van der Waals surface area contributed by atoms with Crippen LogP contribution in [0.1, 0.15) is 5.56 Å². The van der Waals surface area contributed by atoms with Crippen molar-refractivity contribution in [2.45, 2.75) is 5.88 Å². The monoisotopic (exact) mass is 190 g/mol. The number of alkyl halides is 1. The Balaban J connectivity index is 3.13. The van der Waals surface area contributed by atoms with E-state index in [1.165, 1.54) is 0 Å². The lowest BCUT2D eigenvalue weighted by molar-refractivity contribution is 1.29. The number of anilines is 1. The molecule has 0 aromatic heterocycles. The molecule has 0 atom stereocenters. The third-order valence-corrected chi connectivity index (χ3v) is 2.03. The van der Waals surface area contributed by atoms with Crippen LogP contribution in [-0.4, -0.2) is 0 Å². The first kappa shape index (κ1) is 8.65. The normalized spacial score (nSPS) is 9.73. The zero-order chi connectivity index (χ0) is 8.27. The third-order valence-electron chi connectivity index (χ3n) is 1.41. The van der Waals surface area contributed by atoms with E-state index in [4.69, 9.17) is 29.0 Å². The molecule has 0 radical (unpaired) electrons. The minimum Gasteiger partial charge on any atom is -0.324 e. The van der Waals surface area contributed by atoms with Crippen molar-refractivity contribution < 1.29 is 0 Å². The summed E-state index contributed by atoms with van der Waals surface area (Å²) in [7, 11) is 0. The minimum absolute atomic E-state index is 0.360. The fourth-order valence-corrected chi connectivity index (χ4v) is 1.43. The predicted octanol–water partition coefficient (Wildman–Crippen LogP) is 2.36. The molecule has 3 N–H and O–H groups in total. The molecule has 0 bridgehead atoms. The molecular formula is C7H8Cl2N2. The molecule has 0 spiro atoms. The largest absolute Gasteiger partial charge is 0.324 e. The number of hydrogen-bond donors (Lipinski definition) is 2. The van der Waals surface area contributed by atoms with Crippen LogP contribution >= 0.6 is 23.2 Å². The first-order valence-corrected chi connectivity index (χ1v) is 4.00. The molecule has 0 aliphatic rings. The molecule has 0 heterocycles. The van der Waals surface area contributed by atoms with E-state index in [0.29, 0.717) is 10.9 Å². The summed E-state index contributed by atoms with van der Waals surface area (Å²) in [5, 5.41) is 0.635. The van der Waals surface area contributed by atoms with Crippen LogP contribution in [0.4, 0.5) is 5.69 Å². The number of hydrazine groups is 1. The highest BCUT2D eigenvalue weighted by Crippen LogP contribution is 2.24. The Morgan fingerprint density at radius 2 is 2.18 bits per heavy atom. The van der Waals surface area contributed by atoms with Gasteiger partial charge in [-0.3, -0.25) is 5.84 Å². The molecule has 1 aromatic carbocycles. The van der Waals surface area contributed by atoms with Crippen molar-refractivity contribution in [2.75, 3.05) is 5.43 Å². The lowest BCUT2D eigenvalue weighted by Gasteiger charge is -2.06. The van der Waals surface area contributed by atoms with E-state index in [-0.39, 0.29) is 0 Å². The van der Waals surface area contributed by atoms with Gasteiger partial charge in [0.1, 0.15) is 0 Å². The highest BCUT2D eigenvalue weighted by atomic mass is 35.5. The van der Waals surface area contributed by atoms with Crippen LogP contribution in [0.25, 0.3) is 0 Å². The summed E-state index contributed by atoms with van der Waals surface area (Å²) in [6, 6.07) is 5.41. The van der Waals surface area contributed by atoms with Crippen LogP contribution in [-0.2, 0) is 5.88 Å². The van der Waals surface area contributed by atoms with E-state index in [1.54, 1.807) is 6.07 Å². The van der Waals surface area contributed by atoms with Gasteiger partial charge in [0.05, 0.1) is 11.6 Å². The van der Waals surface area contributed by atoms with Crippen LogP contribution in [0.3, 0.4) is 0 Å². The maximum Gasteiger partial charge on any atom is 0.0544 e. The second kappa shape index (κ2) is 3.81. The zero-order valence-corrected chi connectivity index (χ0v) is 7.28. The Kier molecular flexibility index (Phi) is 3.00. The molecule has 0 aliphatic heterocycles. The summed E-state index contributed by atoms with van der Waals surface area (Å²) >= 11 is 11.5. The Bertz CT molecular complexity index is 250. The number of hydrogen-bond acceptors (Lipinski definition) is 2. The molecule has 2 nitrogen and oxygen atoms in total. The standard InChI is InChI=1S/C7H8Cl2N2/c8-4-5-6(9)2-1-3-7(5)11-10/h1-3,11H,4,10H2.